The molecule has 19 heteroatoms. The number of Topliss-reactive ketones (excluding diaryl/α,β-unsaturated/α-hetero) is 2. The molecule has 1 fully saturated rings. The van der Waals surface area contributed by atoms with Gasteiger partial charge in [0.25, 0.3) is 0 Å². The predicted molar refractivity (Wildman–Crippen MR) is 265 cm³/mol. The third-order valence-electron chi connectivity index (χ3n) is 13.9. The van der Waals surface area contributed by atoms with Gasteiger partial charge in [-0.1, -0.05) is 109 Å². The summed E-state index contributed by atoms with van der Waals surface area (Å²) in [5.41, 5.74) is 1.19. The molecule has 0 aromatic heterocycles. The maximum Gasteiger partial charge on any atom is 0.471 e. The SMILES string of the molecule is CC[C@H](C)[C@@H]([C@@H](CC(=O)N1CCC[C@H]1[C@H](OC)[C@@H](C)C(=O)C[C@@H](Cc1ccccc1)C(=O)NS(=O)(=O)Cc1ccc(CNC(=O)C(F)(F)F)cc1)OC)N(C)C(=O)[C@@H](CC(=O)[C@H](C(C)C)N(C)C)C(C)C. The van der Waals surface area contributed by atoms with Gasteiger partial charge in [0.05, 0.1) is 42.5 Å². The lowest BCUT2D eigenvalue weighted by molar-refractivity contribution is -0.173. The van der Waals surface area contributed by atoms with Crippen molar-refractivity contribution in [2.24, 2.45) is 35.5 Å². The predicted octanol–water partition coefficient (Wildman–Crippen LogP) is 6.37. The highest BCUT2D eigenvalue weighted by Gasteiger charge is 2.44. The first-order valence-corrected chi connectivity index (χ1v) is 26.2. The Bertz CT molecular complexity index is 2180. The summed E-state index contributed by atoms with van der Waals surface area (Å²) in [6.45, 7) is 13.5. The molecule has 9 atom stereocenters. The molecular formula is C52H78F3N5O10S. The Morgan fingerprint density at radius 1 is 0.803 bits per heavy atom. The first kappa shape index (κ1) is 60.6. The lowest BCUT2D eigenvalue weighted by atomic mass is 9.83. The number of likely N-dealkylation sites (N-methyl/N-ethyl adjacent to an activating group) is 2. The Hall–Kier alpha value is -4.72. The van der Waals surface area contributed by atoms with E-state index in [1.54, 1.807) is 59.4 Å². The number of halogens is 3. The van der Waals surface area contributed by atoms with Crippen molar-refractivity contribution in [3.8, 4) is 0 Å². The van der Waals surface area contributed by atoms with E-state index in [2.05, 4.69) is 4.72 Å². The molecule has 0 radical (unpaired) electrons. The molecule has 71 heavy (non-hydrogen) atoms. The molecule has 0 aliphatic carbocycles. The number of nitrogens with zero attached hydrogens (tertiary/aromatic N) is 3. The summed E-state index contributed by atoms with van der Waals surface area (Å²) in [7, 11) is 4.07. The zero-order valence-corrected chi connectivity index (χ0v) is 44.4. The van der Waals surface area contributed by atoms with Crippen molar-refractivity contribution < 1.29 is 59.8 Å². The Morgan fingerprint density at radius 3 is 1.93 bits per heavy atom. The number of ether oxygens (including phenoxy) is 2. The number of carbonyl (C=O) groups excluding carboxylic acids is 6. The Morgan fingerprint density at radius 2 is 1.41 bits per heavy atom. The first-order chi connectivity index (χ1) is 33.2. The van der Waals surface area contributed by atoms with Crippen LogP contribution < -0.4 is 10.0 Å². The number of likely N-dealkylation sites (tertiary alicyclic amines) is 1. The highest BCUT2D eigenvalue weighted by Crippen LogP contribution is 2.32. The molecule has 0 unspecified atom stereocenters. The van der Waals surface area contributed by atoms with Crippen molar-refractivity contribution in [2.75, 3.05) is 41.9 Å². The van der Waals surface area contributed by atoms with E-state index in [9.17, 15) is 50.4 Å². The van der Waals surface area contributed by atoms with Crippen molar-refractivity contribution in [3.63, 3.8) is 0 Å². The summed E-state index contributed by atoms with van der Waals surface area (Å²) >= 11 is 0. The summed E-state index contributed by atoms with van der Waals surface area (Å²) in [5, 5.41) is 1.75. The molecule has 1 aliphatic rings. The molecular weight excluding hydrogens is 944 g/mol. The fourth-order valence-electron chi connectivity index (χ4n) is 9.92. The molecule has 3 rings (SSSR count). The monoisotopic (exact) mass is 1020 g/mol. The molecule has 15 nitrogen and oxygen atoms in total. The summed E-state index contributed by atoms with van der Waals surface area (Å²) in [6, 6.07) is 12.8. The van der Waals surface area contributed by atoms with Crippen LogP contribution in [0.3, 0.4) is 0 Å². The minimum atomic E-state index is -5.06. The van der Waals surface area contributed by atoms with Crippen molar-refractivity contribution in [1.82, 2.24) is 24.7 Å². The third-order valence-corrected chi connectivity index (χ3v) is 15.1. The molecule has 0 bridgehead atoms. The number of alkyl halides is 3. The van der Waals surface area contributed by atoms with Crippen LogP contribution in [0, 0.1) is 35.5 Å². The zero-order valence-electron chi connectivity index (χ0n) is 43.6. The van der Waals surface area contributed by atoms with E-state index in [4.69, 9.17) is 9.47 Å². The second-order valence-corrected chi connectivity index (χ2v) is 21.8. The van der Waals surface area contributed by atoms with Crippen LogP contribution in [0.4, 0.5) is 13.2 Å². The lowest BCUT2D eigenvalue weighted by Gasteiger charge is -2.41. The first-order valence-electron chi connectivity index (χ1n) is 24.5. The molecule has 4 amide bonds. The molecule has 2 aromatic rings. The van der Waals surface area contributed by atoms with Gasteiger partial charge in [-0.3, -0.25) is 38.4 Å². The van der Waals surface area contributed by atoms with Crippen LogP contribution in [0.2, 0.25) is 0 Å². The number of ketones is 2. The van der Waals surface area contributed by atoms with E-state index in [-0.39, 0.29) is 84.0 Å². The highest BCUT2D eigenvalue weighted by atomic mass is 32.2. The Labute approximate surface area is 419 Å². The second-order valence-electron chi connectivity index (χ2n) is 20.0. The molecule has 1 aliphatic heterocycles. The minimum absolute atomic E-state index is 0.00494. The van der Waals surface area contributed by atoms with Gasteiger partial charge in [-0.2, -0.15) is 13.2 Å². The molecule has 0 spiro atoms. The third kappa shape index (κ3) is 17.5. The molecule has 398 valence electrons. The van der Waals surface area contributed by atoms with Gasteiger partial charge < -0.3 is 24.6 Å². The van der Waals surface area contributed by atoms with E-state index in [0.717, 1.165) is 0 Å². The van der Waals surface area contributed by atoms with Gasteiger partial charge in [-0.15, -0.1) is 0 Å². The molecule has 1 heterocycles. The fourth-order valence-corrected chi connectivity index (χ4v) is 11.1. The average Bonchev–Trinajstić information content (AvgIpc) is 3.78. The summed E-state index contributed by atoms with van der Waals surface area (Å²) in [6.07, 6.45) is -5.04. The number of hydrogen-bond acceptors (Lipinski definition) is 11. The maximum absolute atomic E-state index is 14.5. The number of benzene rings is 2. The van der Waals surface area contributed by atoms with Gasteiger partial charge in [0.15, 0.2) is 5.78 Å². The van der Waals surface area contributed by atoms with Crippen LogP contribution in [-0.2, 0) is 67.0 Å². The van der Waals surface area contributed by atoms with Crippen molar-refractivity contribution in [3.05, 3.63) is 71.3 Å². The summed E-state index contributed by atoms with van der Waals surface area (Å²) < 4.78 is 78.7. The van der Waals surface area contributed by atoms with Gasteiger partial charge >= 0.3 is 12.1 Å². The highest BCUT2D eigenvalue weighted by molar-refractivity contribution is 7.89. The van der Waals surface area contributed by atoms with Crippen LogP contribution in [0.1, 0.15) is 104 Å². The average molecular weight is 1020 g/mol. The maximum atomic E-state index is 14.5. The lowest BCUT2D eigenvalue weighted by Crippen LogP contribution is -2.54. The van der Waals surface area contributed by atoms with Gasteiger partial charge in [-0.25, -0.2) is 8.42 Å². The van der Waals surface area contributed by atoms with Crippen LogP contribution in [0.15, 0.2) is 54.6 Å². The van der Waals surface area contributed by atoms with Crippen LogP contribution in [-0.4, -0.2) is 137 Å². The van der Waals surface area contributed by atoms with Gasteiger partial charge in [0.2, 0.25) is 27.7 Å². The van der Waals surface area contributed by atoms with Crippen LogP contribution in [0.5, 0.6) is 0 Å². The summed E-state index contributed by atoms with van der Waals surface area (Å²) in [4.78, 5) is 87.1. The smallest absolute Gasteiger partial charge is 0.379 e. The minimum Gasteiger partial charge on any atom is -0.379 e. The molecule has 2 aromatic carbocycles. The summed E-state index contributed by atoms with van der Waals surface area (Å²) in [5.74, 6) is -7.22. The van der Waals surface area contributed by atoms with Gasteiger partial charge in [0.1, 0.15) is 5.78 Å². The largest absolute Gasteiger partial charge is 0.471 e. The Kier molecular flexibility index (Phi) is 23.4. The number of sulfonamides is 1. The molecule has 2 N–H and O–H groups in total. The quantitative estimate of drug-likeness (QED) is 0.0965. The van der Waals surface area contributed by atoms with Gasteiger partial charge in [0, 0.05) is 65.0 Å². The van der Waals surface area contributed by atoms with Crippen molar-refractivity contribution >= 4 is 45.2 Å². The van der Waals surface area contributed by atoms with Crippen LogP contribution >= 0.6 is 0 Å². The van der Waals surface area contributed by atoms with Crippen molar-refractivity contribution in [1.29, 1.82) is 0 Å². The number of nitrogens with one attached hydrogen (secondary N) is 2. The second kappa shape index (κ2) is 27.4. The van der Waals surface area contributed by atoms with E-state index in [1.807, 2.05) is 60.5 Å². The molecule has 1 saturated heterocycles. The number of hydrogen-bond donors (Lipinski definition) is 2. The standard InChI is InChI=1S/C52H78F3N5O10S/c1-13-34(6)47(59(10)50(65)40(32(2)3)28-43(62)46(33(4)5)58(8)9)44(69-11)29-45(63)60-25-17-20-41(60)48(70-12)35(7)42(61)27-39(26-36-18-15-14-16-19-36)49(64)57-71(67,68)31-38-23-21-37(22-24-38)30-56-51(66)52(53,54)55/h14-16,18-19,21-24,32-35,39-41,44,46-48H,13,17,20,25-31H2,1-12H3,(H,56,66)(H,57,64)/t34-,35-,39+,40-,41-,44+,46-,47-,48+/m0/s1. The van der Waals surface area contributed by atoms with E-state index in [0.29, 0.717) is 31.4 Å². The normalized spacial score (nSPS) is 17.8. The topological polar surface area (TPSA) is 189 Å². The van der Waals surface area contributed by atoms with Crippen LogP contribution in [0.25, 0.3) is 0 Å². The van der Waals surface area contributed by atoms with E-state index in [1.165, 1.54) is 38.5 Å². The number of methoxy groups -OCH3 is 2. The number of carbonyl (C=O) groups is 6. The van der Waals surface area contributed by atoms with E-state index < -0.39 is 82.4 Å². The van der Waals surface area contributed by atoms with E-state index >= 15 is 0 Å². The van der Waals surface area contributed by atoms with Crippen molar-refractivity contribution in [2.45, 2.75) is 142 Å². The number of amides is 4. The fraction of sp³-hybridized carbons (Fsp3) is 0.654. The zero-order chi connectivity index (χ0) is 53.5. The Balaban J connectivity index is 1.80. The molecule has 0 saturated carbocycles. The number of rotatable bonds is 28. The van der Waals surface area contributed by atoms with Gasteiger partial charge in [-0.05, 0) is 67.8 Å².